The zero-order valence-electron chi connectivity index (χ0n) is 25.6. The molecule has 0 aliphatic rings. The average Bonchev–Trinajstić information content (AvgIpc) is 2.90. The first-order valence-electron chi connectivity index (χ1n) is 16.0. The minimum atomic E-state index is -4.51. The van der Waals surface area contributed by atoms with Crippen LogP contribution in [0.15, 0.2) is 35.2 Å². The summed E-state index contributed by atoms with van der Waals surface area (Å²) in [4.78, 5) is 0.0224. The summed E-state index contributed by atoms with van der Waals surface area (Å²) >= 11 is 0. The third-order valence-electron chi connectivity index (χ3n) is 8.06. The second-order valence-electron chi connectivity index (χ2n) is 11.4. The molecule has 0 bridgehead atoms. The van der Waals surface area contributed by atoms with Gasteiger partial charge >= 0.3 is 29.6 Å². The Morgan fingerprint density at radius 3 is 1.38 bits per heavy atom. The van der Waals surface area contributed by atoms with Crippen molar-refractivity contribution in [1.82, 2.24) is 0 Å². The smallest absolute Gasteiger partial charge is 0.744 e. The van der Waals surface area contributed by atoms with E-state index in [9.17, 15) is 13.0 Å². The Morgan fingerprint density at radius 2 is 0.949 bits per heavy atom. The SMILES string of the molecule is CCCCCCCCCCCCc1c(S(=O)(=O)[O-])cc2ccccc2c1CCCCCCCCCCCC.[Na+]. The van der Waals surface area contributed by atoms with Gasteiger partial charge in [-0.05, 0) is 53.6 Å². The predicted molar refractivity (Wildman–Crippen MR) is 163 cm³/mol. The Morgan fingerprint density at radius 1 is 0.564 bits per heavy atom. The molecule has 2 aromatic carbocycles. The van der Waals surface area contributed by atoms with E-state index in [2.05, 4.69) is 19.9 Å². The van der Waals surface area contributed by atoms with E-state index in [1.54, 1.807) is 6.07 Å². The molecule has 0 saturated carbocycles. The van der Waals surface area contributed by atoms with Gasteiger partial charge in [0.1, 0.15) is 10.1 Å². The van der Waals surface area contributed by atoms with Gasteiger partial charge in [0.05, 0.1) is 4.90 Å². The molecule has 216 valence electrons. The van der Waals surface area contributed by atoms with Crippen molar-refractivity contribution in [2.45, 2.75) is 160 Å². The molecule has 0 fully saturated rings. The molecule has 0 atom stereocenters. The molecule has 3 nitrogen and oxygen atoms in total. The van der Waals surface area contributed by atoms with Crippen molar-refractivity contribution in [2.24, 2.45) is 0 Å². The Labute approximate surface area is 263 Å². The number of benzene rings is 2. The normalized spacial score (nSPS) is 11.7. The maximum absolute atomic E-state index is 12.3. The van der Waals surface area contributed by atoms with Gasteiger partial charge in [0.2, 0.25) is 0 Å². The van der Waals surface area contributed by atoms with Crippen LogP contribution in [0, 0.1) is 0 Å². The van der Waals surface area contributed by atoms with E-state index >= 15 is 0 Å². The molecule has 5 heteroatoms. The molecule has 0 amide bonds. The molecular weight excluding hydrogens is 511 g/mol. The van der Waals surface area contributed by atoms with E-state index in [4.69, 9.17) is 0 Å². The number of fused-ring (bicyclic) bond motifs is 1. The second-order valence-corrected chi connectivity index (χ2v) is 12.7. The zero-order chi connectivity index (χ0) is 27.5. The van der Waals surface area contributed by atoms with E-state index in [0.717, 1.165) is 54.0 Å². The van der Waals surface area contributed by atoms with E-state index in [0.29, 0.717) is 6.42 Å². The molecule has 39 heavy (non-hydrogen) atoms. The van der Waals surface area contributed by atoms with E-state index in [1.807, 2.05) is 18.2 Å². The molecular formula is C34H55NaO3S. The van der Waals surface area contributed by atoms with Crippen LogP contribution in [0.25, 0.3) is 10.8 Å². The molecule has 0 saturated heterocycles. The number of hydrogen-bond acceptors (Lipinski definition) is 3. The quantitative estimate of drug-likeness (QED) is 0.0788. The first-order valence-corrected chi connectivity index (χ1v) is 17.4. The van der Waals surface area contributed by atoms with Gasteiger partial charge in [-0.25, -0.2) is 8.42 Å². The van der Waals surface area contributed by atoms with Gasteiger partial charge in [-0.3, -0.25) is 0 Å². The summed E-state index contributed by atoms with van der Waals surface area (Å²) in [5.41, 5.74) is 1.90. The third kappa shape index (κ3) is 14.9. The fraction of sp³-hybridized carbons (Fsp3) is 0.706. The van der Waals surface area contributed by atoms with Gasteiger partial charge in [-0.1, -0.05) is 154 Å². The van der Waals surface area contributed by atoms with E-state index in [-0.39, 0.29) is 34.5 Å². The molecule has 0 radical (unpaired) electrons. The Bertz CT molecular complexity index is 1000. The van der Waals surface area contributed by atoms with Gasteiger partial charge in [-0.15, -0.1) is 0 Å². The van der Waals surface area contributed by atoms with Gasteiger partial charge in [0.15, 0.2) is 0 Å². The standard InChI is InChI=1S/C34H56O3S.Na/c1-3-5-7-9-11-13-15-17-19-21-27-32-31-26-24-23-25-30(31)29-34(38(35,36)37)33(32)28-22-20-18-16-14-12-10-8-6-4-2;/h23-26,29H,3-22,27-28H2,1-2H3,(H,35,36,37);/q;+1/p-1. The van der Waals surface area contributed by atoms with Crippen molar-refractivity contribution >= 4 is 20.9 Å². The van der Waals surface area contributed by atoms with Crippen LogP contribution >= 0.6 is 0 Å². The van der Waals surface area contributed by atoms with Crippen molar-refractivity contribution in [2.75, 3.05) is 0 Å². The van der Waals surface area contributed by atoms with Crippen molar-refractivity contribution < 1.29 is 42.5 Å². The maximum Gasteiger partial charge on any atom is 1.00 e. The molecule has 0 aliphatic heterocycles. The fourth-order valence-corrected chi connectivity index (χ4v) is 6.60. The Hall–Kier alpha value is -0.390. The molecule has 2 aromatic rings. The van der Waals surface area contributed by atoms with Crippen LogP contribution in [-0.4, -0.2) is 13.0 Å². The molecule has 0 heterocycles. The summed E-state index contributed by atoms with van der Waals surface area (Å²) in [6.07, 6.45) is 26.7. The van der Waals surface area contributed by atoms with Crippen LogP contribution in [0.5, 0.6) is 0 Å². The molecule has 0 aliphatic carbocycles. The zero-order valence-corrected chi connectivity index (χ0v) is 28.4. The Balaban J connectivity index is 0.00000760. The monoisotopic (exact) mass is 566 g/mol. The van der Waals surface area contributed by atoms with Crippen molar-refractivity contribution in [1.29, 1.82) is 0 Å². The van der Waals surface area contributed by atoms with Gasteiger partial charge in [-0.2, -0.15) is 0 Å². The molecule has 0 aromatic heterocycles. The van der Waals surface area contributed by atoms with Crippen LogP contribution in [0.1, 0.15) is 153 Å². The first kappa shape index (κ1) is 36.6. The third-order valence-corrected chi connectivity index (χ3v) is 8.97. The summed E-state index contributed by atoms with van der Waals surface area (Å²) < 4.78 is 37.0. The van der Waals surface area contributed by atoms with E-state index in [1.165, 1.54) is 103 Å². The van der Waals surface area contributed by atoms with Crippen LogP contribution in [0.4, 0.5) is 0 Å². The Kier molecular flexibility index (Phi) is 20.9. The number of rotatable bonds is 23. The van der Waals surface area contributed by atoms with Gasteiger partial charge < -0.3 is 4.55 Å². The van der Waals surface area contributed by atoms with Crippen molar-refractivity contribution in [3.05, 3.63) is 41.5 Å². The fourth-order valence-electron chi connectivity index (χ4n) is 5.80. The minimum absolute atomic E-state index is 0. The number of unbranched alkanes of at least 4 members (excludes halogenated alkanes) is 18. The van der Waals surface area contributed by atoms with Gasteiger partial charge in [0, 0.05) is 0 Å². The predicted octanol–water partition coefficient (Wildman–Crippen LogP) is 7.67. The van der Waals surface area contributed by atoms with Crippen LogP contribution in [-0.2, 0) is 23.0 Å². The summed E-state index contributed by atoms with van der Waals surface area (Å²) in [7, 11) is -4.51. The maximum atomic E-state index is 12.3. The largest absolute Gasteiger partial charge is 1.00 e. The van der Waals surface area contributed by atoms with Gasteiger partial charge in [0.25, 0.3) is 0 Å². The summed E-state index contributed by atoms with van der Waals surface area (Å²) in [5.74, 6) is 0. The number of aryl methyl sites for hydroxylation is 1. The first-order chi connectivity index (χ1) is 18.5. The number of hydrogen-bond donors (Lipinski definition) is 0. The average molecular weight is 567 g/mol. The molecule has 0 spiro atoms. The van der Waals surface area contributed by atoms with E-state index < -0.39 is 10.1 Å². The molecule has 0 N–H and O–H groups in total. The molecule has 0 unspecified atom stereocenters. The van der Waals surface area contributed by atoms with Crippen LogP contribution < -0.4 is 29.6 Å². The summed E-state index contributed by atoms with van der Waals surface area (Å²) in [6, 6.07) is 9.63. The minimum Gasteiger partial charge on any atom is -0.744 e. The molecule has 2 rings (SSSR count). The van der Waals surface area contributed by atoms with Crippen molar-refractivity contribution in [3.63, 3.8) is 0 Å². The topological polar surface area (TPSA) is 57.2 Å². The summed E-state index contributed by atoms with van der Waals surface area (Å²) in [6.45, 7) is 4.51. The second kappa shape index (κ2) is 22.2. The van der Waals surface area contributed by atoms with Crippen LogP contribution in [0.3, 0.4) is 0 Å². The van der Waals surface area contributed by atoms with Crippen LogP contribution in [0.2, 0.25) is 0 Å². The summed E-state index contributed by atoms with van der Waals surface area (Å²) in [5, 5.41) is 1.99. The van der Waals surface area contributed by atoms with Crippen molar-refractivity contribution in [3.8, 4) is 0 Å².